The normalized spacial score (nSPS) is 15.3. The third kappa shape index (κ3) is 5.05. The molecule has 0 aromatic heterocycles. The molecule has 2 aromatic rings. The van der Waals surface area contributed by atoms with Crippen molar-refractivity contribution in [2.75, 3.05) is 26.2 Å². The van der Waals surface area contributed by atoms with Gasteiger partial charge in [0.15, 0.2) is 0 Å². The molecule has 0 aliphatic carbocycles. The van der Waals surface area contributed by atoms with Crippen LogP contribution in [0.4, 0.5) is 0 Å². The van der Waals surface area contributed by atoms with Crippen LogP contribution in [0.2, 0.25) is 0 Å². The van der Waals surface area contributed by atoms with Crippen molar-refractivity contribution in [1.82, 2.24) is 4.90 Å². The highest BCUT2D eigenvalue weighted by molar-refractivity contribution is 6.13. The van der Waals surface area contributed by atoms with E-state index < -0.39 is 5.97 Å². The van der Waals surface area contributed by atoms with Gasteiger partial charge in [-0.05, 0) is 18.9 Å². The average Bonchev–Trinajstić information content (AvgIpc) is 2.70. The van der Waals surface area contributed by atoms with Crippen LogP contribution in [0.15, 0.2) is 71.4 Å². The van der Waals surface area contributed by atoms with Gasteiger partial charge in [-0.1, -0.05) is 65.8 Å². The summed E-state index contributed by atoms with van der Waals surface area (Å²) in [5.41, 5.74) is 4.43. The van der Waals surface area contributed by atoms with Gasteiger partial charge in [0, 0.05) is 36.3 Å². The van der Waals surface area contributed by atoms with Crippen LogP contribution in [-0.2, 0) is 9.63 Å². The Hall–Kier alpha value is -2.92. The summed E-state index contributed by atoms with van der Waals surface area (Å²) in [6.07, 6.45) is 2.55. The van der Waals surface area contributed by atoms with Gasteiger partial charge in [0.25, 0.3) is 0 Å². The SMILES string of the molecule is Cc1ccccc1/C(=N\OCCN1CCC=C(C(=O)O)C1)c1ccccc1. The lowest BCUT2D eigenvalue weighted by Crippen LogP contribution is -2.34. The van der Waals surface area contributed by atoms with Crippen molar-refractivity contribution >= 4 is 11.7 Å². The van der Waals surface area contributed by atoms with E-state index in [9.17, 15) is 4.79 Å². The number of aryl methyl sites for hydroxylation is 1. The van der Waals surface area contributed by atoms with E-state index in [0.717, 1.165) is 35.4 Å². The van der Waals surface area contributed by atoms with Crippen molar-refractivity contribution in [3.63, 3.8) is 0 Å². The molecule has 0 radical (unpaired) electrons. The summed E-state index contributed by atoms with van der Waals surface area (Å²) >= 11 is 0. The predicted octanol–water partition coefficient (Wildman–Crippen LogP) is 3.48. The molecule has 0 spiro atoms. The summed E-state index contributed by atoms with van der Waals surface area (Å²) in [5.74, 6) is -0.843. The van der Waals surface area contributed by atoms with E-state index in [1.165, 1.54) is 0 Å². The summed E-state index contributed by atoms with van der Waals surface area (Å²) in [4.78, 5) is 18.8. The van der Waals surface area contributed by atoms with Crippen molar-refractivity contribution in [2.45, 2.75) is 13.3 Å². The molecule has 140 valence electrons. The van der Waals surface area contributed by atoms with E-state index in [4.69, 9.17) is 9.94 Å². The molecule has 1 heterocycles. The molecule has 5 nitrogen and oxygen atoms in total. The zero-order valence-corrected chi connectivity index (χ0v) is 15.5. The lowest BCUT2D eigenvalue weighted by Gasteiger charge is -2.24. The van der Waals surface area contributed by atoms with E-state index in [-0.39, 0.29) is 0 Å². The van der Waals surface area contributed by atoms with Crippen LogP contribution in [0.1, 0.15) is 23.1 Å². The van der Waals surface area contributed by atoms with Crippen molar-refractivity contribution in [3.8, 4) is 0 Å². The van der Waals surface area contributed by atoms with E-state index in [2.05, 4.69) is 23.0 Å². The van der Waals surface area contributed by atoms with Crippen molar-refractivity contribution < 1.29 is 14.7 Å². The van der Waals surface area contributed by atoms with Gasteiger partial charge in [-0.3, -0.25) is 4.90 Å². The lowest BCUT2D eigenvalue weighted by molar-refractivity contribution is -0.133. The summed E-state index contributed by atoms with van der Waals surface area (Å²) in [6.45, 7) is 4.40. The number of benzene rings is 2. The van der Waals surface area contributed by atoms with Gasteiger partial charge in [-0.25, -0.2) is 4.79 Å². The van der Waals surface area contributed by atoms with E-state index in [0.29, 0.717) is 25.3 Å². The molecule has 0 fully saturated rings. The van der Waals surface area contributed by atoms with Gasteiger partial charge in [0.2, 0.25) is 0 Å². The number of nitrogens with zero attached hydrogens (tertiary/aromatic N) is 2. The molecule has 2 aromatic carbocycles. The molecule has 0 amide bonds. The Morgan fingerprint density at radius 3 is 2.63 bits per heavy atom. The number of carbonyl (C=O) groups is 1. The molecule has 0 atom stereocenters. The largest absolute Gasteiger partial charge is 0.478 e. The Morgan fingerprint density at radius 1 is 1.15 bits per heavy atom. The second kappa shape index (κ2) is 9.14. The van der Waals surface area contributed by atoms with Gasteiger partial charge >= 0.3 is 5.97 Å². The van der Waals surface area contributed by atoms with Crippen molar-refractivity contribution in [3.05, 3.63) is 82.9 Å². The standard InChI is InChI=1S/C22H24N2O3/c1-17-8-5-6-12-20(17)21(18-9-3-2-4-10-18)23-27-15-14-24-13-7-11-19(16-24)22(25)26/h2-6,8-12H,7,13-16H2,1H3,(H,25,26)/b23-21-. The molecule has 0 saturated carbocycles. The van der Waals surface area contributed by atoms with Crippen LogP contribution in [-0.4, -0.2) is 47.9 Å². The fourth-order valence-corrected chi connectivity index (χ4v) is 3.12. The fourth-order valence-electron chi connectivity index (χ4n) is 3.12. The maximum Gasteiger partial charge on any atom is 0.332 e. The van der Waals surface area contributed by atoms with E-state index in [1.807, 2.05) is 48.5 Å². The monoisotopic (exact) mass is 364 g/mol. The number of carboxylic acids is 1. The molecule has 5 heteroatoms. The van der Waals surface area contributed by atoms with Gasteiger partial charge in [0.1, 0.15) is 12.3 Å². The van der Waals surface area contributed by atoms with E-state index >= 15 is 0 Å². The third-order valence-corrected chi connectivity index (χ3v) is 4.61. The molecule has 0 unspecified atom stereocenters. The molecule has 0 saturated heterocycles. The van der Waals surface area contributed by atoms with E-state index in [1.54, 1.807) is 6.08 Å². The number of rotatable bonds is 7. The van der Waals surface area contributed by atoms with Crippen LogP contribution in [0.5, 0.6) is 0 Å². The van der Waals surface area contributed by atoms with Gasteiger partial charge in [-0.2, -0.15) is 0 Å². The highest BCUT2D eigenvalue weighted by Crippen LogP contribution is 2.15. The summed E-state index contributed by atoms with van der Waals surface area (Å²) < 4.78 is 0. The van der Waals surface area contributed by atoms with Crippen LogP contribution >= 0.6 is 0 Å². The lowest BCUT2D eigenvalue weighted by atomic mass is 9.98. The average molecular weight is 364 g/mol. The minimum absolute atomic E-state index is 0.412. The quantitative estimate of drug-likeness (QED) is 0.464. The molecule has 1 N–H and O–H groups in total. The summed E-state index contributed by atoms with van der Waals surface area (Å²) in [7, 11) is 0. The van der Waals surface area contributed by atoms with Crippen LogP contribution < -0.4 is 0 Å². The minimum Gasteiger partial charge on any atom is -0.478 e. The second-order valence-electron chi connectivity index (χ2n) is 6.55. The fraction of sp³-hybridized carbons (Fsp3) is 0.273. The zero-order valence-electron chi connectivity index (χ0n) is 15.5. The van der Waals surface area contributed by atoms with Gasteiger partial charge in [-0.15, -0.1) is 0 Å². The topological polar surface area (TPSA) is 62.1 Å². The van der Waals surface area contributed by atoms with Crippen LogP contribution in [0, 0.1) is 6.92 Å². The number of hydrogen-bond donors (Lipinski definition) is 1. The van der Waals surface area contributed by atoms with Gasteiger partial charge in [0.05, 0.1) is 0 Å². The Balaban J connectivity index is 1.67. The first-order valence-corrected chi connectivity index (χ1v) is 9.11. The minimum atomic E-state index is -0.843. The first-order valence-electron chi connectivity index (χ1n) is 9.11. The van der Waals surface area contributed by atoms with Crippen LogP contribution in [0.25, 0.3) is 0 Å². The first-order chi connectivity index (χ1) is 13.1. The molecule has 27 heavy (non-hydrogen) atoms. The Labute approximate surface area is 159 Å². The van der Waals surface area contributed by atoms with Crippen molar-refractivity contribution in [2.24, 2.45) is 5.16 Å². The third-order valence-electron chi connectivity index (χ3n) is 4.61. The Morgan fingerprint density at radius 2 is 1.89 bits per heavy atom. The summed E-state index contributed by atoms with van der Waals surface area (Å²) in [5, 5.41) is 13.6. The molecule has 1 aliphatic rings. The zero-order chi connectivity index (χ0) is 19.1. The smallest absolute Gasteiger partial charge is 0.332 e. The molecular weight excluding hydrogens is 340 g/mol. The summed E-state index contributed by atoms with van der Waals surface area (Å²) in [6, 6.07) is 18.1. The molecular formula is C22H24N2O3. The highest BCUT2D eigenvalue weighted by atomic mass is 16.6. The number of hydrogen-bond acceptors (Lipinski definition) is 4. The second-order valence-corrected chi connectivity index (χ2v) is 6.55. The molecule has 0 bridgehead atoms. The van der Waals surface area contributed by atoms with Crippen molar-refractivity contribution in [1.29, 1.82) is 0 Å². The van der Waals surface area contributed by atoms with Gasteiger partial charge < -0.3 is 9.94 Å². The Kier molecular flexibility index (Phi) is 6.39. The van der Waals surface area contributed by atoms with Crippen LogP contribution in [0.3, 0.4) is 0 Å². The Bertz CT molecular complexity index is 844. The number of carboxylic acid groups (broad SMARTS) is 1. The predicted molar refractivity (Wildman–Crippen MR) is 106 cm³/mol. The maximum absolute atomic E-state index is 11.1. The molecule has 1 aliphatic heterocycles. The number of aliphatic carboxylic acids is 1. The molecule has 3 rings (SSSR count). The first kappa shape index (κ1) is 18.9. The maximum atomic E-state index is 11.1. The highest BCUT2D eigenvalue weighted by Gasteiger charge is 2.17. The number of oxime groups is 1.